The number of imidazole rings is 1. The molecule has 3 aromatic rings. The Kier molecular flexibility index (Phi) is 3.88. The van der Waals surface area contributed by atoms with Crippen LogP contribution in [0.25, 0.3) is 11.0 Å². The summed E-state index contributed by atoms with van der Waals surface area (Å²) in [6, 6.07) is 4.89. The molecule has 1 aromatic heterocycles. The fraction of sp³-hybridized carbons (Fsp3) is 0.235. The Bertz CT molecular complexity index is 1240. The summed E-state index contributed by atoms with van der Waals surface area (Å²) in [5.41, 5.74) is 0.814. The fourth-order valence-corrected chi connectivity index (χ4v) is 4.49. The summed E-state index contributed by atoms with van der Waals surface area (Å²) in [4.78, 5) is 4.30. The van der Waals surface area contributed by atoms with Crippen LogP contribution in [0.4, 0.5) is 17.6 Å². The van der Waals surface area contributed by atoms with Crippen LogP contribution in [0.15, 0.2) is 24.3 Å². The summed E-state index contributed by atoms with van der Waals surface area (Å²) in [5, 5.41) is 0. The van der Waals surface area contributed by atoms with Crippen LogP contribution in [-0.4, -0.2) is 22.7 Å². The number of hydrogen-bond donors (Lipinski definition) is 0. The molecule has 1 atom stereocenters. The van der Waals surface area contributed by atoms with Gasteiger partial charge in [-0.1, -0.05) is 6.07 Å². The lowest BCUT2D eigenvalue weighted by Crippen LogP contribution is -2.19. The molecule has 4 heterocycles. The van der Waals surface area contributed by atoms with Gasteiger partial charge in [-0.15, -0.1) is 13.2 Å². The summed E-state index contributed by atoms with van der Waals surface area (Å²) >= 11 is 0. The molecular formula is C17H11F4N2O6P. The van der Waals surface area contributed by atoms with Crippen molar-refractivity contribution >= 4 is 18.9 Å². The molecule has 0 aliphatic carbocycles. The van der Waals surface area contributed by atoms with Crippen molar-refractivity contribution in [2.24, 2.45) is 0 Å². The third-order valence-corrected chi connectivity index (χ3v) is 5.54. The van der Waals surface area contributed by atoms with Crippen LogP contribution in [0, 0.1) is 5.82 Å². The van der Waals surface area contributed by atoms with E-state index in [-0.39, 0.29) is 47.1 Å². The summed E-state index contributed by atoms with van der Waals surface area (Å²) in [7, 11) is -4.14. The number of nitrogens with zero attached hydrogens (tertiary/aromatic N) is 2. The molecule has 3 aliphatic heterocycles. The van der Waals surface area contributed by atoms with Gasteiger partial charge in [0, 0.05) is 24.1 Å². The summed E-state index contributed by atoms with van der Waals surface area (Å²) in [6.45, 7) is 1.85. The van der Waals surface area contributed by atoms with Crippen molar-refractivity contribution in [3.63, 3.8) is 0 Å². The average Bonchev–Trinajstić information content (AvgIpc) is 2.83. The number of hydrogen-bond acceptors (Lipinski definition) is 7. The Hall–Kier alpha value is -3.14. The lowest BCUT2D eigenvalue weighted by Gasteiger charge is -2.22. The second-order valence-corrected chi connectivity index (χ2v) is 7.77. The van der Waals surface area contributed by atoms with E-state index in [1.807, 2.05) is 0 Å². The van der Waals surface area contributed by atoms with Gasteiger partial charge in [0.25, 0.3) is 0 Å². The van der Waals surface area contributed by atoms with Gasteiger partial charge in [-0.3, -0.25) is 4.62 Å². The first-order chi connectivity index (χ1) is 14.2. The number of rotatable bonds is 5. The second kappa shape index (κ2) is 6.18. The van der Waals surface area contributed by atoms with Crippen LogP contribution in [-0.2, 0) is 11.0 Å². The molecular weight excluding hydrogens is 435 g/mol. The van der Waals surface area contributed by atoms with Crippen molar-refractivity contribution in [2.75, 3.05) is 6.61 Å². The highest BCUT2D eigenvalue weighted by Gasteiger charge is 2.47. The molecule has 0 fully saturated rings. The molecule has 6 bridgehead atoms. The molecule has 13 heteroatoms. The number of phosphoric acid groups is 1. The quantitative estimate of drug-likeness (QED) is 0.425. The Morgan fingerprint density at radius 2 is 2.03 bits per heavy atom. The Morgan fingerprint density at radius 1 is 1.23 bits per heavy atom. The maximum Gasteiger partial charge on any atom is 0.667 e. The number of phosphoric ester groups is 1. The van der Waals surface area contributed by atoms with Crippen LogP contribution >= 0.6 is 7.82 Å². The van der Waals surface area contributed by atoms with E-state index in [0.717, 1.165) is 16.9 Å². The van der Waals surface area contributed by atoms with Crippen LogP contribution in [0.1, 0.15) is 18.3 Å². The number of aromatic nitrogens is 2. The molecule has 6 rings (SSSR count). The zero-order chi connectivity index (χ0) is 21.3. The van der Waals surface area contributed by atoms with Gasteiger partial charge in [0.1, 0.15) is 22.5 Å². The van der Waals surface area contributed by atoms with Crippen LogP contribution < -0.4 is 23.1 Å². The van der Waals surface area contributed by atoms with Gasteiger partial charge < -0.3 is 18.5 Å². The lowest BCUT2D eigenvalue weighted by molar-refractivity contribution is -0.274. The largest absolute Gasteiger partial charge is 0.667 e. The van der Waals surface area contributed by atoms with Gasteiger partial charge in [-0.2, -0.15) is 13.7 Å². The van der Waals surface area contributed by atoms with Gasteiger partial charge in [-0.25, -0.2) is 4.98 Å². The minimum Gasteiger partial charge on any atom is -0.493 e. The van der Waals surface area contributed by atoms with Gasteiger partial charge in [0.05, 0.1) is 6.61 Å². The van der Waals surface area contributed by atoms with Gasteiger partial charge >= 0.3 is 14.2 Å². The highest BCUT2D eigenvalue weighted by atomic mass is 31.2. The molecule has 1 unspecified atom stereocenters. The minimum atomic E-state index is -4.85. The van der Waals surface area contributed by atoms with Crippen molar-refractivity contribution in [1.82, 2.24) is 9.71 Å². The topological polar surface area (TPSA) is 81.0 Å². The first-order valence-corrected chi connectivity index (χ1v) is 10.1. The smallest absolute Gasteiger partial charge is 0.493 e. The van der Waals surface area contributed by atoms with E-state index >= 15 is 0 Å². The molecule has 30 heavy (non-hydrogen) atoms. The van der Waals surface area contributed by atoms with Gasteiger partial charge in [0.15, 0.2) is 11.6 Å². The van der Waals surface area contributed by atoms with Crippen molar-refractivity contribution in [3.8, 4) is 23.0 Å². The molecule has 0 radical (unpaired) electrons. The Labute approximate surface area is 165 Å². The standard InChI is InChI=1S/C17H11F4N2O6P/c1-2-25-11-6-9(26-17(19,20)21)4-3-8(11)5-13-22-15-10-7-12-14(18)16(15)28-30(24,27-12)29-23(10)13/h3-4,6-7H,2,5H2,1H3. The Balaban J connectivity index is 1.57. The highest BCUT2D eigenvalue weighted by molar-refractivity contribution is 7.49. The molecule has 0 N–H and O–H groups in total. The maximum atomic E-state index is 14.3. The number of alkyl halides is 3. The van der Waals surface area contributed by atoms with E-state index in [0.29, 0.717) is 5.56 Å². The molecule has 3 aliphatic rings. The molecule has 0 amide bonds. The van der Waals surface area contributed by atoms with Gasteiger partial charge in [0.2, 0.25) is 11.6 Å². The number of ether oxygens (including phenoxy) is 2. The minimum absolute atomic E-state index is 0.00665. The van der Waals surface area contributed by atoms with Crippen molar-refractivity contribution < 1.29 is 45.3 Å². The molecule has 8 nitrogen and oxygen atoms in total. The fourth-order valence-electron chi connectivity index (χ4n) is 3.24. The van der Waals surface area contributed by atoms with Crippen LogP contribution in [0.5, 0.6) is 23.0 Å². The van der Waals surface area contributed by atoms with Gasteiger partial charge in [-0.05, 0) is 13.0 Å². The lowest BCUT2D eigenvalue weighted by atomic mass is 10.1. The predicted molar refractivity (Wildman–Crippen MR) is 92.2 cm³/mol. The first kappa shape index (κ1) is 18.9. The molecule has 0 saturated heterocycles. The first-order valence-electron chi connectivity index (χ1n) is 8.60. The SMILES string of the molecule is CCOc1cc(OC(F)(F)F)ccc1Cc1nc2c3c(F)c4cc2n1OP(=O)(O4)O3. The van der Waals surface area contributed by atoms with E-state index in [4.69, 9.17) is 18.4 Å². The van der Waals surface area contributed by atoms with E-state index in [2.05, 4.69) is 9.72 Å². The summed E-state index contributed by atoms with van der Waals surface area (Å²) in [5.74, 6) is -1.58. The van der Waals surface area contributed by atoms with Crippen molar-refractivity contribution in [1.29, 1.82) is 0 Å². The molecule has 2 aromatic carbocycles. The third kappa shape index (κ3) is 2.98. The van der Waals surface area contributed by atoms with E-state index in [1.54, 1.807) is 6.92 Å². The molecule has 158 valence electrons. The normalized spacial score (nSPS) is 18.8. The second-order valence-electron chi connectivity index (χ2n) is 6.35. The zero-order valence-corrected chi connectivity index (χ0v) is 15.9. The number of halogens is 4. The Morgan fingerprint density at radius 3 is 2.77 bits per heavy atom. The van der Waals surface area contributed by atoms with E-state index < -0.39 is 25.8 Å². The maximum absolute atomic E-state index is 14.3. The third-order valence-electron chi connectivity index (χ3n) is 4.35. The predicted octanol–water partition coefficient (Wildman–Crippen LogP) is 4.39. The zero-order valence-electron chi connectivity index (χ0n) is 15.0. The highest BCUT2D eigenvalue weighted by Crippen LogP contribution is 2.58. The monoisotopic (exact) mass is 446 g/mol. The summed E-state index contributed by atoms with van der Waals surface area (Å²) in [6.07, 6.45) is -4.84. The average molecular weight is 446 g/mol. The van der Waals surface area contributed by atoms with Crippen molar-refractivity contribution in [2.45, 2.75) is 19.7 Å². The van der Waals surface area contributed by atoms with Crippen molar-refractivity contribution in [3.05, 3.63) is 41.5 Å². The molecule has 0 saturated carbocycles. The molecule has 0 spiro atoms. The van der Waals surface area contributed by atoms with Crippen LogP contribution in [0.2, 0.25) is 0 Å². The van der Waals surface area contributed by atoms with E-state index in [9.17, 15) is 22.1 Å². The van der Waals surface area contributed by atoms with E-state index in [1.165, 1.54) is 12.1 Å². The summed E-state index contributed by atoms with van der Waals surface area (Å²) < 4.78 is 90.3. The van der Waals surface area contributed by atoms with Crippen LogP contribution in [0.3, 0.4) is 0 Å². The number of benzene rings is 2.